The molecule has 4 heterocycles. The van der Waals surface area contributed by atoms with Crippen LogP contribution in [0.25, 0.3) is 0 Å². The zero-order valence-electron chi connectivity index (χ0n) is 16.4. The van der Waals surface area contributed by atoms with Crippen LogP contribution in [0.5, 0.6) is 0 Å². The summed E-state index contributed by atoms with van der Waals surface area (Å²) in [6, 6.07) is 2.94. The molecule has 9 heteroatoms. The highest BCUT2D eigenvalue weighted by Crippen LogP contribution is 2.31. The zero-order chi connectivity index (χ0) is 20.6. The molecule has 3 saturated heterocycles. The lowest BCUT2D eigenvalue weighted by molar-refractivity contribution is -0.139. The van der Waals surface area contributed by atoms with Crippen LogP contribution in [0.15, 0.2) is 18.3 Å². The van der Waals surface area contributed by atoms with Crippen LogP contribution in [0.3, 0.4) is 0 Å². The Morgan fingerprint density at radius 2 is 1.93 bits per heavy atom. The molecule has 2 atom stereocenters. The van der Waals surface area contributed by atoms with Crippen molar-refractivity contribution in [3.8, 4) is 0 Å². The van der Waals surface area contributed by atoms with Crippen molar-refractivity contribution in [1.82, 2.24) is 20.1 Å². The SMILES string of the molecule is CC(F)(F)c1ccc(C2CCN(C(=O)N3CCC4OCC(=O)N[C@@H]4C3)CC2)nc1. The van der Waals surface area contributed by atoms with Crippen LogP contribution < -0.4 is 5.32 Å². The van der Waals surface area contributed by atoms with E-state index in [-0.39, 0.29) is 42.2 Å². The van der Waals surface area contributed by atoms with Crippen LogP contribution in [-0.2, 0) is 15.5 Å². The molecule has 4 rings (SSSR count). The number of alkyl halides is 2. The topological polar surface area (TPSA) is 74.8 Å². The molecular formula is C20H26F2N4O3. The molecule has 29 heavy (non-hydrogen) atoms. The first kappa shape index (κ1) is 20.0. The number of urea groups is 1. The van der Waals surface area contributed by atoms with Crippen LogP contribution in [-0.4, -0.2) is 71.7 Å². The highest BCUT2D eigenvalue weighted by Gasteiger charge is 2.38. The van der Waals surface area contributed by atoms with Crippen molar-refractivity contribution in [1.29, 1.82) is 0 Å². The van der Waals surface area contributed by atoms with Gasteiger partial charge in [0.25, 0.3) is 5.92 Å². The Hall–Kier alpha value is -2.29. The number of piperidine rings is 2. The normalized spacial score (nSPS) is 26.1. The van der Waals surface area contributed by atoms with Gasteiger partial charge in [0, 0.05) is 56.5 Å². The van der Waals surface area contributed by atoms with Gasteiger partial charge in [-0.2, -0.15) is 0 Å². The van der Waals surface area contributed by atoms with Crippen LogP contribution in [0.1, 0.15) is 43.4 Å². The summed E-state index contributed by atoms with van der Waals surface area (Å²) in [4.78, 5) is 32.3. The predicted molar refractivity (Wildman–Crippen MR) is 101 cm³/mol. The van der Waals surface area contributed by atoms with Crippen molar-refractivity contribution in [3.05, 3.63) is 29.6 Å². The largest absolute Gasteiger partial charge is 0.366 e. The number of ether oxygens (including phenoxy) is 1. The van der Waals surface area contributed by atoms with Crippen molar-refractivity contribution >= 4 is 11.9 Å². The first-order chi connectivity index (χ1) is 13.8. The number of fused-ring (bicyclic) bond motifs is 1. The summed E-state index contributed by atoms with van der Waals surface area (Å²) < 4.78 is 32.2. The maximum absolute atomic E-state index is 13.4. The van der Waals surface area contributed by atoms with Crippen molar-refractivity contribution in [2.75, 3.05) is 32.8 Å². The Morgan fingerprint density at radius 3 is 2.59 bits per heavy atom. The number of nitrogens with zero attached hydrogens (tertiary/aromatic N) is 3. The quantitative estimate of drug-likeness (QED) is 0.813. The van der Waals surface area contributed by atoms with E-state index in [4.69, 9.17) is 4.74 Å². The van der Waals surface area contributed by atoms with E-state index in [0.717, 1.165) is 25.5 Å². The molecule has 1 aromatic rings. The minimum Gasteiger partial charge on any atom is -0.366 e. The number of morpholine rings is 1. The van der Waals surface area contributed by atoms with Gasteiger partial charge in [0.15, 0.2) is 0 Å². The molecule has 0 bridgehead atoms. The number of pyridine rings is 1. The number of halogens is 2. The summed E-state index contributed by atoms with van der Waals surface area (Å²) in [6.07, 6.45) is 3.44. The Kier molecular flexibility index (Phi) is 5.42. The molecule has 0 aliphatic carbocycles. The van der Waals surface area contributed by atoms with E-state index in [9.17, 15) is 18.4 Å². The molecular weight excluding hydrogens is 382 g/mol. The first-order valence-corrected chi connectivity index (χ1v) is 10.1. The second kappa shape index (κ2) is 7.85. The van der Waals surface area contributed by atoms with Crippen molar-refractivity contribution in [2.24, 2.45) is 0 Å². The van der Waals surface area contributed by atoms with Crippen LogP contribution in [0, 0.1) is 0 Å². The van der Waals surface area contributed by atoms with E-state index in [2.05, 4.69) is 10.3 Å². The molecule has 0 aromatic carbocycles. The summed E-state index contributed by atoms with van der Waals surface area (Å²) in [5, 5.41) is 2.91. The van der Waals surface area contributed by atoms with Crippen LogP contribution in [0.2, 0.25) is 0 Å². The van der Waals surface area contributed by atoms with E-state index < -0.39 is 5.92 Å². The van der Waals surface area contributed by atoms with E-state index in [0.29, 0.717) is 32.6 Å². The zero-order valence-corrected chi connectivity index (χ0v) is 16.4. The number of nitrogens with one attached hydrogen (secondary N) is 1. The molecule has 3 fully saturated rings. The van der Waals surface area contributed by atoms with E-state index in [1.807, 2.05) is 4.90 Å². The number of likely N-dealkylation sites (tertiary alicyclic amines) is 2. The lowest BCUT2D eigenvalue weighted by Gasteiger charge is -2.43. The fourth-order valence-electron chi connectivity index (χ4n) is 4.35. The van der Waals surface area contributed by atoms with Gasteiger partial charge in [0.1, 0.15) is 6.61 Å². The van der Waals surface area contributed by atoms with Gasteiger partial charge in [-0.15, -0.1) is 0 Å². The fourth-order valence-corrected chi connectivity index (χ4v) is 4.35. The number of carbonyl (C=O) groups excluding carboxylic acids is 2. The standard InChI is InChI=1S/C20H26F2N4O3/c1-20(21,22)14-2-3-15(23-10-14)13-4-7-25(8-5-13)19(28)26-9-6-17-16(11-26)24-18(27)12-29-17/h2-3,10,13,16-17H,4-9,11-12H2,1H3,(H,24,27)/t16-,17?/m1/s1. The predicted octanol–water partition coefficient (Wildman–Crippen LogP) is 2.08. The molecule has 0 spiro atoms. The van der Waals surface area contributed by atoms with Crippen LogP contribution in [0.4, 0.5) is 13.6 Å². The molecule has 1 N–H and O–H groups in total. The van der Waals surface area contributed by atoms with Crippen molar-refractivity contribution in [3.63, 3.8) is 0 Å². The van der Waals surface area contributed by atoms with Gasteiger partial charge in [-0.1, -0.05) is 0 Å². The lowest BCUT2D eigenvalue weighted by Crippen LogP contribution is -2.62. The summed E-state index contributed by atoms with van der Waals surface area (Å²) >= 11 is 0. The fraction of sp³-hybridized carbons (Fsp3) is 0.650. The van der Waals surface area contributed by atoms with Gasteiger partial charge in [-0.3, -0.25) is 9.78 Å². The summed E-state index contributed by atoms with van der Waals surface area (Å²) in [7, 11) is 0. The molecule has 1 aromatic heterocycles. The van der Waals surface area contributed by atoms with Gasteiger partial charge in [-0.25, -0.2) is 13.6 Å². The summed E-state index contributed by atoms with van der Waals surface area (Å²) in [5.41, 5.74) is 0.712. The van der Waals surface area contributed by atoms with Gasteiger partial charge in [0.05, 0.1) is 12.1 Å². The third-order valence-corrected chi connectivity index (χ3v) is 6.07. The third-order valence-electron chi connectivity index (χ3n) is 6.07. The first-order valence-electron chi connectivity index (χ1n) is 10.1. The molecule has 7 nitrogen and oxygen atoms in total. The number of rotatable bonds is 2. The molecule has 158 valence electrons. The minimum absolute atomic E-state index is 0.0179. The number of carbonyl (C=O) groups is 2. The van der Waals surface area contributed by atoms with Gasteiger partial charge in [-0.05, 0) is 31.4 Å². The van der Waals surface area contributed by atoms with E-state index >= 15 is 0 Å². The maximum Gasteiger partial charge on any atom is 0.320 e. The lowest BCUT2D eigenvalue weighted by atomic mass is 9.92. The molecule has 1 unspecified atom stereocenters. The van der Waals surface area contributed by atoms with Crippen molar-refractivity contribution < 1.29 is 23.1 Å². The average molecular weight is 408 g/mol. The molecule has 3 aliphatic rings. The molecule has 0 saturated carbocycles. The molecule has 0 radical (unpaired) electrons. The van der Waals surface area contributed by atoms with Gasteiger partial charge in [0.2, 0.25) is 5.91 Å². The Bertz CT molecular complexity index is 760. The third kappa shape index (κ3) is 4.34. The van der Waals surface area contributed by atoms with Gasteiger partial charge < -0.3 is 19.9 Å². The van der Waals surface area contributed by atoms with Gasteiger partial charge >= 0.3 is 6.03 Å². The summed E-state index contributed by atoms with van der Waals surface area (Å²) in [6.45, 7) is 3.23. The number of aromatic nitrogens is 1. The number of hydrogen-bond acceptors (Lipinski definition) is 4. The minimum atomic E-state index is -2.89. The molecule has 3 aliphatic heterocycles. The van der Waals surface area contributed by atoms with E-state index in [1.165, 1.54) is 12.3 Å². The Labute approximate surface area is 168 Å². The Balaban J connectivity index is 1.31. The molecule has 3 amide bonds. The highest BCUT2D eigenvalue weighted by molar-refractivity contribution is 5.79. The average Bonchev–Trinajstić information content (AvgIpc) is 2.72. The van der Waals surface area contributed by atoms with Crippen molar-refractivity contribution in [2.45, 2.75) is 50.2 Å². The second-order valence-corrected chi connectivity index (χ2v) is 8.16. The monoisotopic (exact) mass is 408 g/mol. The maximum atomic E-state index is 13.4. The van der Waals surface area contributed by atoms with Crippen LogP contribution >= 0.6 is 0 Å². The van der Waals surface area contributed by atoms with E-state index in [1.54, 1.807) is 11.0 Å². The smallest absolute Gasteiger partial charge is 0.320 e. The number of hydrogen-bond donors (Lipinski definition) is 1. The summed E-state index contributed by atoms with van der Waals surface area (Å²) in [5.74, 6) is -2.87. The second-order valence-electron chi connectivity index (χ2n) is 8.16. The number of amides is 3. The Morgan fingerprint density at radius 1 is 1.21 bits per heavy atom. The highest BCUT2D eigenvalue weighted by atomic mass is 19.3.